The van der Waals surface area contributed by atoms with Crippen LogP contribution in [0.1, 0.15) is 31.1 Å². The molecule has 1 fully saturated rings. The largest absolute Gasteiger partial charge is 0.481 e. The van der Waals surface area contributed by atoms with Crippen molar-refractivity contribution in [3.05, 3.63) is 24.2 Å². The van der Waals surface area contributed by atoms with E-state index in [0.29, 0.717) is 11.8 Å². The molecule has 0 amide bonds. The molecule has 76 valence electrons. The smallest absolute Gasteiger partial charge is 0.305 e. The van der Waals surface area contributed by atoms with Gasteiger partial charge in [-0.3, -0.25) is 4.79 Å². The van der Waals surface area contributed by atoms with E-state index in [9.17, 15) is 4.79 Å². The summed E-state index contributed by atoms with van der Waals surface area (Å²) in [5.41, 5.74) is 0. The van der Waals surface area contributed by atoms with Crippen LogP contribution in [0.3, 0.4) is 0 Å². The van der Waals surface area contributed by atoms with Crippen LogP contribution in [0.5, 0.6) is 0 Å². The molecule has 1 aromatic rings. The summed E-state index contributed by atoms with van der Waals surface area (Å²) in [4.78, 5) is 10.6. The summed E-state index contributed by atoms with van der Waals surface area (Å²) in [6.07, 6.45) is 3.91. The summed E-state index contributed by atoms with van der Waals surface area (Å²) in [6.45, 7) is 0. The number of hydrogen-bond donors (Lipinski definition) is 2. The highest BCUT2D eigenvalue weighted by atomic mass is 16.4. The Labute approximate surface area is 81.9 Å². The van der Waals surface area contributed by atoms with Crippen LogP contribution in [0.15, 0.2) is 22.8 Å². The highest BCUT2D eigenvalue weighted by Crippen LogP contribution is 2.26. The van der Waals surface area contributed by atoms with Crippen molar-refractivity contribution in [1.29, 1.82) is 0 Å². The molecule has 0 saturated heterocycles. The molecule has 2 N–H and O–H groups in total. The fourth-order valence-corrected chi connectivity index (χ4v) is 1.44. The van der Waals surface area contributed by atoms with Gasteiger partial charge in [0.1, 0.15) is 5.76 Å². The van der Waals surface area contributed by atoms with Crippen molar-refractivity contribution in [2.45, 2.75) is 31.3 Å². The van der Waals surface area contributed by atoms with E-state index in [1.54, 1.807) is 12.3 Å². The lowest BCUT2D eigenvalue weighted by molar-refractivity contribution is -0.137. The maximum Gasteiger partial charge on any atom is 0.305 e. The van der Waals surface area contributed by atoms with Crippen LogP contribution in [0, 0.1) is 0 Å². The molecule has 1 atom stereocenters. The molecule has 0 aromatic carbocycles. The van der Waals surface area contributed by atoms with Gasteiger partial charge in [-0.25, -0.2) is 0 Å². The van der Waals surface area contributed by atoms with Crippen molar-refractivity contribution < 1.29 is 14.3 Å². The zero-order valence-electron chi connectivity index (χ0n) is 7.77. The van der Waals surface area contributed by atoms with Crippen LogP contribution < -0.4 is 5.32 Å². The fourth-order valence-electron chi connectivity index (χ4n) is 1.44. The molecule has 1 unspecified atom stereocenters. The Bertz CT molecular complexity index is 303. The Balaban J connectivity index is 2.00. The average molecular weight is 195 g/mol. The summed E-state index contributed by atoms with van der Waals surface area (Å²) in [5, 5.41) is 12.0. The molecule has 1 saturated carbocycles. The Hall–Kier alpha value is -1.29. The van der Waals surface area contributed by atoms with E-state index in [4.69, 9.17) is 9.52 Å². The van der Waals surface area contributed by atoms with Crippen molar-refractivity contribution in [3.63, 3.8) is 0 Å². The van der Waals surface area contributed by atoms with E-state index in [1.165, 1.54) is 0 Å². The highest BCUT2D eigenvalue weighted by molar-refractivity contribution is 5.67. The zero-order valence-corrected chi connectivity index (χ0v) is 7.77. The van der Waals surface area contributed by atoms with Crippen LogP contribution in [0.2, 0.25) is 0 Å². The first-order valence-corrected chi connectivity index (χ1v) is 4.77. The summed E-state index contributed by atoms with van der Waals surface area (Å²) >= 11 is 0. The molecule has 1 aliphatic rings. The van der Waals surface area contributed by atoms with E-state index < -0.39 is 5.97 Å². The lowest BCUT2D eigenvalue weighted by Gasteiger charge is -2.13. The van der Waals surface area contributed by atoms with Gasteiger partial charge in [0.15, 0.2) is 0 Å². The third-order valence-corrected chi connectivity index (χ3v) is 2.28. The Morgan fingerprint density at radius 3 is 3.00 bits per heavy atom. The van der Waals surface area contributed by atoms with Gasteiger partial charge in [0, 0.05) is 6.04 Å². The lowest BCUT2D eigenvalue weighted by atomic mass is 10.1. The molecular weight excluding hydrogens is 182 g/mol. The van der Waals surface area contributed by atoms with Gasteiger partial charge in [0.05, 0.1) is 18.7 Å². The van der Waals surface area contributed by atoms with Gasteiger partial charge in [-0.2, -0.15) is 0 Å². The van der Waals surface area contributed by atoms with Crippen LogP contribution in [0.25, 0.3) is 0 Å². The molecule has 1 heterocycles. The van der Waals surface area contributed by atoms with E-state index in [-0.39, 0.29) is 12.5 Å². The molecule has 0 radical (unpaired) electrons. The fraction of sp³-hybridized carbons (Fsp3) is 0.500. The summed E-state index contributed by atoms with van der Waals surface area (Å²) < 4.78 is 5.20. The molecule has 0 aliphatic heterocycles. The summed E-state index contributed by atoms with van der Waals surface area (Å²) in [6, 6.07) is 3.88. The van der Waals surface area contributed by atoms with Crippen LogP contribution >= 0.6 is 0 Å². The predicted molar refractivity (Wildman–Crippen MR) is 49.9 cm³/mol. The highest BCUT2D eigenvalue weighted by Gasteiger charge is 2.27. The second-order valence-electron chi connectivity index (χ2n) is 3.61. The minimum atomic E-state index is -0.806. The Morgan fingerprint density at radius 1 is 1.71 bits per heavy atom. The quantitative estimate of drug-likeness (QED) is 0.748. The molecule has 1 aliphatic carbocycles. The van der Waals surface area contributed by atoms with Crippen molar-refractivity contribution in [3.8, 4) is 0 Å². The average Bonchev–Trinajstić information content (AvgIpc) is 2.79. The third-order valence-electron chi connectivity index (χ3n) is 2.28. The second-order valence-corrected chi connectivity index (χ2v) is 3.61. The minimum Gasteiger partial charge on any atom is -0.481 e. The third kappa shape index (κ3) is 2.35. The number of carboxylic acids is 1. The number of carbonyl (C=O) groups is 1. The monoisotopic (exact) mass is 195 g/mol. The van der Waals surface area contributed by atoms with Gasteiger partial charge >= 0.3 is 5.97 Å². The van der Waals surface area contributed by atoms with Crippen molar-refractivity contribution in [2.75, 3.05) is 0 Å². The number of nitrogens with one attached hydrogen (secondary N) is 1. The van der Waals surface area contributed by atoms with Gasteiger partial charge in [0.2, 0.25) is 0 Å². The molecule has 14 heavy (non-hydrogen) atoms. The zero-order chi connectivity index (χ0) is 9.97. The first-order chi connectivity index (χ1) is 6.75. The predicted octanol–water partition coefficient (Wildman–Crippen LogP) is 1.55. The summed E-state index contributed by atoms with van der Waals surface area (Å²) in [5.74, 6) is -0.0983. The van der Waals surface area contributed by atoms with Gasteiger partial charge < -0.3 is 14.8 Å². The van der Waals surface area contributed by atoms with Crippen LogP contribution in [-0.4, -0.2) is 17.1 Å². The van der Waals surface area contributed by atoms with E-state index in [0.717, 1.165) is 12.8 Å². The molecule has 4 heteroatoms. The number of carboxylic acid groups (broad SMARTS) is 1. The standard InChI is InChI=1S/C10H13NO3/c12-10(13)6-8(11-7-3-4-7)9-2-1-5-14-9/h1-2,5,7-8,11H,3-4,6H2,(H,12,13). The Kier molecular flexibility index (Phi) is 2.54. The maximum absolute atomic E-state index is 10.6. The maximum atomic E-state index is 10.6. The Morgan fingerprint density at radius 2 is 2.50 bits per heavy atom. The number of furan rings is 1. The molecule has 4 nitrogen and oxygen atoms in total. The van der Waals surface area contributed by atoms with Crippen LogP contribution in [-0.2, 0) is 4.79 Å². The van der Waals surface area contributed by atoms with Gasteiger partial charge in [-0.15, -0.1) is 0 Å². The van der Waals surface area contributed by atoms with Gasteiger partial charge in [-0.1, -0.05) is 0 Å². The van der Waals surface area contributed by atoms with Gasteiger partial charge in [-0.05, 0) is 25.0 Å². The van der Waals surface area contributed by atoms with E-state index in [2.05, 4.69) is 5.32 Å². The lowest BCUT2D eigenvalue weighted by Crippen LogP contribution is -2.25. The first kappa shape index (κ1) is 9.27. The van der Waals surface area contributed by atoms with E-state index >= 15 is 0 Å². The normalized spacial score (nSPS) is 18.0. The van der Waals surface area contributed by atoms with E-state index in [1.807, 2.05) is 6.07 Å². The molecule has 0 spiro atoms. The number of aliphatic carboxylic acids is 1. The SMILES string of the molecule is O=C(O)CC(NC1CC1)c1ccco1. The van der Waals surface area contributed by atoms with Crippen molar-refractivity contribution in [2.24, 2.45) is 0 Å². The number of hydrogen-bond acceptors (Lipinski definition) is 3. The van der Waals surface area contributed by atoms with Crippen molar-refractivity contribution in [1.82, 2.24) is 5.32 Å². The van der Waals surface area contributed by atoms with Crippen LogP contribution in [0.4, 0.5) is 0 Å². The molecule has 0 bridgehead atoms. The second kappa shape index (κ2) is 3.84. The first-order valence-electron chi connectivity index (χ1n) is 4.77. The minimum absolute atomic E-state index is 0.0734. The number of rotatable bonds is 5. The molecule has 1 aromatic heterocycles. The summed E-state index contributed by atoms with van der Waals surface area (Å²) in [7, 11) is 0. The van der Waals surface area contributed by atoms with Crippen molar-refractivity contribution >= 4 is 5.97 Å². The van der Waals surface area contributed by atoms with Gasteiger partial charge in [0.25, 0.3) is 0 Å². The molecule has 2 rings (SSSR count). The topological polar surface area (TPSA) is 62.5 Å². The molecular formula is C10H13NO3.